The fourth-order valence-electron chi connectivity index (χ4n) is 5.44. The Balaban J connectivity index is 1.43. The predicted octanol–water partition coefficient (Wildman–Crippen LogP) is 5.18. The fraction of sp³-hybridized carbons (Fsp3) is 0.379. The van der Waals surface area contributed by atoms with Crippen molar-refractivity contribution in [1.82, 2.24) is 24.8 Å². The van der Waals surface area contributed by atoms with E-state index in [9.17, 15) is 4.79 Å². The van der Waals surface area contributed by atoms with E-state index in [1.807, 2.05) is 39.0 Å². The number of nitrogens with two attached hydrogens (primary N) is 1. The van der Waals surface area contributed by atoms with Crippen molar-refractivity contribution < 1.29 is 9.53 Å². The number of rotatable bonds is 4. The third kappa shape index (κ3) is 4.53. The number of fused-ring (bicyclic) bond motifs is 2. The van der Waals surface area contributed by atoms with E-state index >= 15 is 0 Å². The molecule has 0 saturated carbocycles. The number of nitrogens with one attached hydrogen (secondary N) is 1. The lowest BCUT2D eigenvalue weighted by atomic mass is 10.1. The summed E-state index contributed by atoms with van der Waals surface area (Å²) in [5.41, 5.74) is 11.4. The van der Waals surface area contributed by atoms with E-state index in [1.54, 1.807) is 6.20 Å². The minimum Gasteiger partial charge on any atom is -0.444 e. The highest BCUT2D eigenvalue weighted by Crippen LogP contribution is 2.36. The normalized spacial score (nSPS) is 17.1. The summed E-state index contributed by atoms with van der Waals surface area (Å²) in [6.45, 7) is 7.63. The van der Waals surface area contributed by atoms with E-state index in [0.29, 0.717) is 11.6 Å². The quantitative estimate of drug-likeness (QED) is 0.388. The highest BCUT2D eigenvalue weighted by molar-refractivity contribution is 5.84. The Morgan fingerprint density at radius 1 is 1.11 bits per heavy atom. The van der Waals surface area contributed by atoms with Crippen LogP contribution in [0.4, 0.5) is 16.4 Å². The van der Waals surface area contributed by atoms with Gasteiger partial charge in [-0.3, -0.25) is 4.57 Å². The summed E-state index contributed by atoms with van der Waals surface area (Å²) in [6.07, 6.45) is 5.32. The lowest BCUT2D eigenvalue weighted by molar-refractivity contribution is 0.0503. The molecule has 4 aromatic rings. The van der Waals surface area contributed by atoms with Crippen molar-refractivity contribution in [2.24, 2.45) is 0 Å². The van der Waals surface area contributed by atoms with Crippen LogP contribution in [0.15, 0.2) is 48.7 Å². The number of anilines is 2. The van der Waals surface area contributed by atoms with Crippen LogP contribution >= 0.6 is 0 Å². The van der Waals surface area contributed by atoms with Gasteiger partial charge in [-0.15, -0.1) is 0 Å². The molecule has 3 N–H and O–H groups in total. The number of pyridine rings is 2. The summed E-state index contributed by atoms with van der Waals surface area (Å²) in [5, 5.41) is 3.04. The number of alkyl carbamates (subject to hydrolysis) is 1. The first-order chi connectivity index (χ1) is 18.3. The molecule has 4 heterocycles. The largest absolute Gasteiger partial charge is 0.444 e. The zero-order valence-electron chi connectivity index (χ0n) is 22.1. The molecule has 38 heavy (non-hydrogen) atoms. The molecule has 1 aromatic carbocycles. The Labute approximate surface area is 222 Å². The molecule has 1 aliphatic heterocycles. The number of aryl methyl sites for hydroxylation is 1. The summed E-state index contributed by atoms with van der Waals surface area (Å²) in [7, 11) is 0. The van der Waals surface area contributed by atoms with Gasteiger partial charge in [0.1, 0.15) is 22.8 Å². The molecule has 196 valence electrons. The van der Waals surface area contributed by atoms with Crippen LogP contribution in [0.5, 0.6) is 0 Å². The minimum absolute atomic E-state index is 0.0817. The average molecular weight is 512 g/mol. The first kappa shape index (κ1) is 24.2. The average Bonchev–Trinajstić information content (AvgIpc) is 3.61. The first-order valence-electron chi connectivity index (χ1n) is 13.2. The number of nitrogen functional groups attached to an aromatic ring is 1. The van der Waals surface area contributed by atoms with E-state index in [4.69, 9.17) is 20.4 Å². The van der Waals surface area contributed by atoms with Crippen LogP contribution in [0.3, 0.4) is 0 Å². The summed E-state index contributed by atoms with van der Waals surface area (Å²) in [5.74, 6) is 2.09. The van der Waals surface area contributed by atoms with Gasteiger partial charge >= 0.3 is 6.09 Å². The maximum absolute atomic E-state index is 12.4. The van der Waals surface area contributed by atoms with Crippen LogP contribution in [-0.2, 0) is 11.2 Å². The van der Waals surface area contributed by atoms with Gasteiger partial charge in [-0.05, 0) is 94.0 Å². The van der Waals surface area contributed by atoms with Crippen LogP contribution < -0.4 is 16.0 Å². The smallest absolute Gasteiger partial charge is 0.408 e. The van der Waals surface area contributed by atoms with Gasteiger partial charge in [0.15, 0.2) is 11.5 Å². The van der Waals surface area contributed by atoms with E-state index < -0.39 is 11.7 Å². The Morgan fingerprint density at radius 2 is 1.92 bits per heavy atom. The van der Waals surface area contributed by atoms with Crippen molar-refractivity contribution in [2.75, 3.05) is 23.7 Å². The van der Waals surface area contributed by atoms with Crippen molar-refractivity contribution in [3.63, 3.8) is 0 Å². The molecular formula is C29H33N7O2. The molecule has 1 aliphatic carbocycles. The van der Waals surface area contributed by atoms with E-state index in [2.05, 4.69) is 44.0 Å². The van der Waals surface area contributed by atoms with Crippen molar-refractivity contribution >= 4 is 28.9 Å². The van der Waals surface area contributed by atoms with Crippen molar-refractivity contribution in [3.8, 4) is 17.1 Å². The van der Waals surface area contributed by atoms with Crippen LogP contribution in [0.25, 0.3) is 28.2 Å². The monoisotopic (exact) mass is 511 g/mol. The maximum Gasteiger partial charge on any atom is 0.408 e. The van der Waals surface area contributed by atoms with Gasteiger partial charge < -0.3 is 20.7 Å². The Morgan fingerprint density at radius 3 is 2.68 bits per heavy atom. The van der Waals surface area contributed by atoms with E-state index in [-0.39, 0.29) is 6.04 Å². The standard InChI is InChI=1S/C29H33N7O2/c1-29(2,3)38-28(37)33-22-11-8-18-17-19(9-10-20(18)22)36-26(21-7-6-14-31-25(21)30)32-23-12-13-24(34-27(23)36)35-15-4-5-16-35/h6-7,9-10,12-14,17,22H,4-5,8,11,15-16H2,1-3H3,(H2,30,31)(H,33,37). The maximum atomic E-state index is 12.4. The zero-order chi connectivity index (χ0) is 26.4. The lowest BCUT2D eigenvalue weighted by Gasteiger charge is -2.22. The van der Waals surface area contributed by atoms with Crippen LogP contribution in [0.2, 0.25) is 0 Å². The molecule has 3 aromatic heterocycles. The molecule has 9 nitrogen and oxygen atoms in total. The third-order valence-corrected chi connectivity index (χ3v) is 7.15. The number of ether oxygens (including phenoxy) is 1. The Kier molecular flexibility index (Phi) is 5.93. The number of amides is 1. The van der Waals surface area contributed by atoms with Gasteiger partial charge in [0.25, 0.3) is 0 Å². The number of carbonyl (C=O) groups is 1. The van der Waals surface area contributed by atoms with E-state index in [1.165, 1.54) is 18.4 Å². The fourth-order valence-corrected chi connectivity index (χ4v) is 5.44. The Bertz CT molecular complexity index is 1520. The lowest BCUT2D eigenvalue weighted by Crippen LogP contribution is -2.34. The molecular weight excluding hydrogens is 478 g/mol. The summed E-state index contributed by atoms with van der Waals surface area (Å²) < 4.78 is 7.56. The summed E-state index contributed by atoms with van der Waals surface area (Å²) in [4.78, 5) is 29.1. The van der Waals surface area contributed by atoms with Gasteiger partial charge in [0.2, 0.25) is 0 Å². The highest BCUT2D eigenvalue weighted by Gasteiger charge is 2.28. The molecule has 1 saturated heterocycles. The van der Waals surface area contributed by atoms with Gasteiger partial charge in [0.05, 0.1) is 11.6 Å². The zero-order valence-corrected chi connectivity index (χ0v) is 22.1. The second-order valence-corrected chi connectivity index (χ2v) is 11.0. The Hall–Kier alpha value is -4.14. The van der Waals surface area contributed by atoms with Crippen LogP contribution in [-0.4, -0.2) is 44.3 Å². The number of hydrogen-bond donors (Lipinski definition) is 2. The van der Waals surface area contributed by atoms with Crippen molar-refractivity contribution in [2.45, 2.75) is 58.1 Å². The third-order valence-electron chi connectivity index (χ3n) is 7.15. The molecule has 0 spiro atoms. The highest BCUT2D eigenvalue weighted by atomic mass is 16.6. The topological polar surface area (TPSA) is 111 Å². The van der Waals surface area contributed by atoms with Gasteiger partial charge in [-0.1, -0.05) is 6.07 Å². The van der Waals surface area contributed by atoms with E-state index in [0.717, 1.165) is 59.7 Å². The second-order valence-electron chi connectivity index (χ2n) is 11.0. The molecule has 1 amide bonds. The first-order valence-corrected chi connectivity index (χ1v) is 13.2. The number of carbonyl (C=O) groups excluding carboxylic acids is 1. The molecule has 9 heteroatoms. The molecule has 2 aliphatic rings. The summed E-state index contributed by atoms with van der Waals surface area (Å²) >= 11 is 0. The number of aromatic nitrogens is 4. The van der Waals surface area contributed by atoms with Gasteiger partial charge in [-0.25, -0.2) is 19.7 Å². The predicted molar refractivity (Wildman–Crippen MR) is 148 cm³/mol. The van der Waals surface area contributed by atoms with Gasteiger partial charge in [-0.2, -0.15) is 0 Å². The van der Waals surface area contributed by atoms with Crippen molar-refractivity contribution in [1.29, 1.82) is 0 Å². The number of imidazole rings is 1. The molecule has 6 rings (SSSR count). The number of nitrogens with zero attached hydrogens (tertiary/aromatic N) is 5. The molecule has 0 bridgehead atoms. The molecule has 1 atom stereocenters. The number of hydrogen-bond acceptors (Lipinski definition) is 7. The molecule has 1 fully saturated rings. The molecule has 0 radical (unpaired) electrons. The van der Waals surface area contributed by atoms with Crippen molar-refractivity contribution in [3.05, 3.63) is 59.8 Å². The van der Waals surface area contributed by atoms with Crippen LogP contribution in [0.1, 0.15) is 57.2 Å². The summed E-state index contributed by atoms with van der Waals surface area (Å²) in [6, 6.07) is 14.1. The SMILES string of the molecule is CC(C)(C)OC(=O)NC1CCc2cc(-n3c(-c4cccnc4N)nc4ccc(N5CCCC5)nc43)ccc21. The second kappa shape index (κ2) is 9.31. The minimum atomic E-state index is -0.538. The van der Waals surface area contributed by atoms with Crippen LogP contribution in [0, 0.1) is 0 Å². The van der Waals surface area contributed by atoms with Gasteiger partial charge in [0, 0.05) is 25.0 Å². The number of benzene rings is 1. The molecule has 1 unspecified atom stereocenters.